The first-order chi connectivity index (χ1) is 8.52. The molecule has 2 N–H and O–H groups in total. The Morgan fingerprint density at radius 3 is 2.00 bits per heavy atom. The van der Waals surface area contributed by atoms with Crippen molar-refractivity contribution >= 4 is 17.9 Å². The maximum absolute atomic E-state index is 10.9. The summed E-state index contributed by atoms with van der Waals surface area (Å²) in [7, 11) is 0. The van der Waals surface area contributed by atoms with Crippen molar-refractivity contribution in [3.63, 3.8) is 0 Å². The number of carboxylic acids is 2. The molecule has 0 unspecified atom stereocenters. The third-order valence-electron chi connectivity index (χ3n) is 2.06. The quantitative estimate of drug-likeness (QED) is 0.328. The molecule has 0 heterocycles. The molecule has 0 aliphatic rings. The highest BCUT2D eigenvalue weighted by Crippen LogP contribution is 2.03. The Kier molecular flexibility index (Phi) is 9.57. The minimum Gasteiger partial charge on any atom is -0.481 e. The fraction of sp³-hybridized carbons (Fsp3) is 0.727. The summed E-state index contributed by atoms with van der Waals surface area (Å²) in [5.41, 5.74) is 0. The van der Waals surface area contributed by atoms with E-state index < -0.39 is 17.9 Å². The van der Waals surface area contributed by atoms with Crippen LogP contribution in [0.1, 0.15) is 44.9 Å². The van der Waals surface area contributed by atoms with Crippen molar-refractivity contribution in [2.45, 2.75) is 44.9 Å². The van der Waals surface area contributed by atoms with Crippen LogP contribution in [0.25, 0.3) is 0 Å². The molecular formula is C11H18O7. The fourth-order valence-corrected chi connectivity index (χ4v) is 1.15. The van der Waals surface area contributed by atoms with Crippen molar-refractivity contribution in [3.8, 4) is 0 Å². The molecule has 0 atom stereocenters. The topological polar surface area (TPSA) is 110 Å². The highest BCUT2D eigenvalue weighted by molar-refractivity contribution is 5.76. The maximum atomic E-state index is 10.9. The van der Waals surface area contributed by atoms with Crippen LogP contribution in [0, 0.1) is 0 Å². The molecule has 0 fully saturated rings. The van der Waals surface area contributed by atoms with Gasteiger partial charge in [-0.1, -0.05) is 12.8 Å². The van der Waals surface area contributed by atoms with Gasteiger partial charge < -0.3 is 10.2 Å². The van der Waals surface area contributed by atoms with Crippen LogP contribution in [-0.2, 0) is 24.2 Å². The Balaban J connectivity index is 3.22. The zero-order valence-electron chi connectivity index (χ0n) is 10.1. The Hall–Kier alpha value is -1.63. The molecule has 0 spiro atoms. The molecule has 0 radical (unpaired) electrons. The monoisotopic (exact) mass is 262 g/mol. The third-order valence-corrected chi connectivity index (χ3v) is 2.06. The number of unbranched alkanes of at least 4 members (excludes halogenated alkanes) is 3. The summed E-state index contributed by atoms with van der Waals surface area (Å²) in [6, 6.07) is 0. The molecule has 0 aromatic rings. The Morgan fingerprint density at radius 1 is 0.778 bits per heavy atom. The molecule has 0 saturated heterocycles. The molecule has 104 valence electrons. The van der Waals surface area contributed by atoms with E-state index in [2.05, 4.69) is 9.78 Å². The van der Waals surface area contributed by atoms with Crippen LogP contribution in [-0.4, -0.2) is 34.7 Å². The summed E-state index contributed by atoms with van der Waals surface area (Å²) in [5.74, 6) is -2.58. The van der Waals surface area contributed by atoms with Gasteiger partial charge in [-0.15, -0.1) is 0 Å². The normalized spacial score (nSPS) is 10.0. The molecule has 7 nitrogen and oxygen atoms in total. The highest BCUT2D eigenvalue weighted by Gasteiger charge is 2.07. The molecule has 0 saturated carbocycles. The standard InChI is InChI=1S/C11H18O7/c12-9(13)5-3-1-2-4-8-17-18-11(16)7-6-10(14)15/h1-8H2,(H,12,13)(H,14,15). The van der Waals surface area contributed by atoms with Crippen LogP contribution in [0.2, 0.25) is 0 Å². The zero-order valence-corrected chi connectivity index (χ0v) is 10.1. The largest absolute Gasteiger partial charge is 0.481 e. The summed E-state index contributed by atoms with van der Waals surface area (Å²) >= 11 is 0. The van der Waals surface area contributed by atoms with E-state index in [1.807, 2.05) is 0 Å². The number of aliphatic carboxylic acids is 2. The number of hydrogen-bond acceptors (Lipinski definition) is 5. The second-order valence-electron chi connectivity index (χ2n) is 3.73. The van der Waals surface area contributed by atoms with Gasteiger partial charge in [0.15, 0.2) is 0 Å². The van der Waals surface area contributed by atoms with Crippen molar-refractivity contribution < 1.29 is 34.4 Å². The van der Waals surface area contributed by atoms with Gasteiger partial charge in [-0.05, 0) is 12.8 Å². The summed E-state index contributed by atoms with van der Waals surface area (Å²) in [6.07, 6.45) is 2.51. The lowest BCUT2D eigenvalue weighted by Crippen LogP contribution is -2.08. The van der Waals surface area contributed by atoms with Gasteiger partial charge in [0.25, 0.3) is 0 Å². The Bertz CT molecular complexity index is 275. The zero-order chi connectivity index (χ0) is 13.8. The Labute approximate surface area is 105 Å². The molecule has 0 aromatic carbocycles. The number of hydrogen-bond donors (Lipinski definition) is 2. The van der Waals surface area contributed by atoms with Gasteiger partial charge >= 0.3 is 17.9 Å². The first kappa shape index (κ1) is 16.4. The molecule has 0 aromatic heterocycles. The predicted octanol–water partition coefficient (Wildman–Crippen LogP) is 1.36. The average molecular weight is 262 g/mol. The van der Waals surface area contributed by atoms with Crippen LogP contribution >= 0.6 is 0 Å². The van der Waals surface area contributed by atoms with Crippen LogP contribution < -0.4 is 0 Å². The summed E-state index contributed by atoms with van der Waals surface area (Å²) in [4.78, 5) is 40.2. The van der Waals surface area contributed by atoms with Gasteiger partial charge in [-0.25, -0.2) is 4.79 Å². The van der Waals surface area contributed by atoms with E-state index in [1.165, 1.54) is 0 Å². The average Bonchev–Trinajstić information content (AvgIpc) is 2.29. The van der Waals surface area contributed by atoms with Crippen molar-refractivity contribution in [3.05, 3.63) is 0 Å². The SMILES string of the molecule is O=C(O)CCCCCCOOC(=O)CCC(=O)O. The van der Waals surface area contributed by atoms with E-state index in [1.54, 1.807) is 0 Å². The van der Waals surface area contributed by atoms with Gasteiger partial charge in [-0.2, -0.15) is 4.89 Å². The molecule has 7 heteroatoms. The van der Waals surface area contributed by atoms with E-state index in [0.717, 1.165) is 12.8 Å². The number of carboxylic acid groups (broad SMARTS) is 2. The molecule has 0 amide bonds. The van der Waals surface area contributed by atoms with Crippen LogP contribution in [0.3, 0.4) is 0 Å². The van der Waals surface area contributed by atoms with Gasteiger partial charge in [-0.3, -0.25) is 14.5 Å². The lowest BCUT2D eigenvalue weighted by atomic mass is 10.1. The van der Waals surface area contributed by atoms with Crippen molar-refractivity contribution in [2.24, 2.45) is 0 Å². The molecule has 0 aliphatic heterocycles. The smallest absolute Gasteiger partial charge is 0.342 e. The Morgan fingerprint density at radius 2 is 1.39 bits per heavy atom. The summed E-state index contributed by atoms with van der Waals surface area (Å²) in [6.45, 7) is 0.228. The number of rotatable bonds is 11. The van der Waals surface area contributed by atoms with Gasteiger partial charge in [0.2, 0.25) is 0 Å². The fourth-order valence-electron chi connectivity index (χ4n) is 1.15. The summed E-state index contributed by atoms with van der Waals surface area (Å²) < 4.78 is 0. The van der Waals surface area contributed by atoms with Crippen LogP contribution in [0.15, 0.2) is 0 Å². The van der Waals surface area contributed by atoms with Crippen molar-refractivity contribution in [1.29, 1.82) is 0 Å². The lowest BCUT2D eigenvalue weighted by molar-refractivity contribution is -0.272. The molecule has 18 heavy (non-hydrogen) atoms. The van der Waals surface area contributed by atoms with Crippen molar-refractivity contribution in [2.75, 3.05) is 6.61 Å². The van der Waals surface area contributed by atoms with Crippen LogP contribution in [0.4, 0.5) is 0 Å². The number of carbonyl (C=O) groups excluding carboxylic acids is 1. The number of carbonyl (C=O) groups is 3. The maximum Gasteiger partial charge on any atom is 0.342 e. The first-order valence-electron chi connectivity index (χ1n) is 5.78. The molecular weight excluding hydrogens is 244 g/mol. The predicted molar refractivity (Wildman–Crippen MR) is 59.6 cm³/mol. The minimum absolute atomic E-state index is 0.158. The second kappa shape index (κ2) is 10.5. The van der Waals surface area contributed by atoms with E-state index in [-0.39, 0.29) is 25.9 Å². The molecule has 0 rings (SSSR count). The van der Waals surface area contributed by atoms with Gasteiger partial charge in [0.05, 0.1) is 19.4 Å². The van der Waals surface area contributed by atoms with E-state index >= 15 is 0 Å². The summed E-state index contributed by atoms with van der Waals surface area (Å²) in [5, 5.41) is 16.7. The van der Waals surface area contributed by atoms with Crippen LogP contribution in [0.5, 0.6) is 0 Å². The van der Waals surface area contributed by atoms with E-state index in [0.29, 0.717) is 12.8 Å². The van der Waals surface area contributed by atoms with E-state index in [4.69, 9.17) is 10.2 Å². The van der Waals surface area contributed by atoms with Crippen molar-refractivity contribution in [1.82, 2.24) is 0 Å². The highest BCUT2D eigenvalue weighted by atomic mass is 17.2. The lowest BCUT2D eigenvalue weighted by Gasteiger charge is -2.02. The molecule has 0 aliphatic carbocycles. The van der Waals surface area contributed by atoms with Gasteiger partial charge in [0, 0.05) is 6.42 Å². The first-order valence-corrected chi connectivity index (χ1v) is 5.78. The molecule has 0 bridgehead atoms. The minimum atomic E-state index is -1.06. The van der Waals surface area contributed by atoms with Gasteiger partial charge in [0.1, 0.15) is 0 Å². The third kappa shape index (κ3) is 12.4. The van der Waals surface area contributed by atoms with E-state index in [9.17, 15) is 14.4 Å². The second-order valence-corrected chi connectivity index (χ2v) is 3.73.